The average Bonchev–Trinajstić information content (AvgIpc) is 3.39. The zero-order chi connectivity index (χ0) is 27.0. The highest BCUT2D eigenvalue weighted by Gasteiger charge is 2.42. The summed E-state index contributed by atoms with van der Waals surface area (Å²) in [6.45, 7) is 5.61. The Balaban J connectivity index is 1.67. The minimum atomic E-state index is -0.229. The number of rotatable bonds is 6. The molecule has 1 saturated heterocycles. The summed E-state index contributed by atoms with van der Waals surface area (Å²) in [4.78, 5) is 18.6. The maximum Gasteiger partial charge on any atom is 0.221 e. The van der Waals surface area contributed by atoms with Gasteiger partial charge in [-0.2, -0.15) is 0 Å². The van der Waals surface area contributed by atoms with Crippen molar-refractivity contribution in [3.63, 3.8) is 0 Å². The number of aromatic hydroxyl groups is 1. The Bertz CT molecular complexity index is 1500. The third-order valence-corrected chi connectivity index (χ3v) is 7.08. The van der Waals surface area contributed by atoms with Crippen molar-refractivity contribution in [2.75, 3.05) is 17.3 Å². The molecular formula is C29H29N5O3S. The largest absolute Gasteiger partial charge is 0.508 e. The van der Waals surface area contributed by atoms with Crippen molar-refractivity contribution < 1.29 is 14.6 Å². The van der Waals surface area contributed by atoms with Crippen LogP contribution in [0.1, 0.15) is 41.7 Å². The highest BCUT2D eigenvalue weighted by atomic mass is 32.1. The number of amides is 1. The molecule has 1 amide bonds. The van der Waals surface area contributed by atoms with E-state index in [4.69, 9.17) is 17.0 Å². The molecule has 5 rings (SSSR count). The number of anilines is 2. The zero-order valence-corrected chi connectivity index (χ0v) is 22.4. The average molecular weight is 528 g/mol. The second-order valence-electron chi connectivity index (χ2n) is 9.24. The van der Waals surface area contributed by atoms with Crippen molar-refractivity contribution in [2.45, 2.75) is 32.9 Å². The number of nitrogens with zero attached hydrogens (tertiary/aromatic N) is 3. The molecule has 1 fully saturated rings. The molecular weight excluding hydrogens is 498 g/mol. The summed E-state index contributed by atoms with van der Waals surface area (Å²) in [7, 11) is 1.57. The van der Waals surface area contributed by atoms with Gasteiger partial charge in [-0.1, -0.05) is 6.07 Å². The molecule has 3 N–H and O–H groups in total. The van der Waals surface area contributed by atoms with Crippen LogP contribution < -0.4 is 20.3 Å². The fourth-order valence-electron chi connectivity index (χ4n) is 5.17. The lowest BCUT2D eigenvalue weighted by Crippen LogP contribution is -2.29. The number of hydrogen-bond acceptors (Lipinski definition) is 5. The van der Waals surface area contributed by atoms with Crippen molar-refractivity contribution in [2.24, 2.45) is 0 Å². The molecule has 38 heavy (non-hydrogen) atoms. The van der Waals surface area contributed by atoms with E-state index in [9.17, 15) is 9.90 Å². The van der Waals surface area contributed by atoms with E-state index in [0.717, 1.165) is 34.0 Å². The molecule has 2 aromatic heterocycles. The van der Waals surface area contributed by atoms with Crippen molar-refractivity contribution in [3.05, 3.63) is 95.6 Å². The van der Waals surface area contributed by atoms with Crippen LogP contribution in [-0.4, -0.2) is 32.8 Å². The van der Waals surface area contributed by atoms with Crippen LogP contribution in [0.4, 0.5) is 11.4 Å². The van der Waals surface area contributed by atoms with Gasteiger partial charge >= 0.3 is 0 Å². The number of ether oxygens (including phenoxy) is 1. The number of phenolic OH excluding ortho intramolecular Hbond substituents is 1. The Morgan fingerprint density at radius 3 is 2.47 bits per heavy atom. The van der Waals surface area contributed by atoms with Crippen LogP contribution in [0.3, 0.4) is 0 Å². The molecule has 8 nitrogen and oxygen atoms in total. The third kappa shape index (κ3) is 4.56. The molecule has 2 atom stereocenters. The van der Waals surface area contributed by atoms with Crippen LogP contribution >= 0.6 is 12.2 Å². The van der Waals surface area contributed by atoms with Gasteiger partial charge in [0.15, 0.2) is 5.11 Å². The number of pyridine rings is 1. The van der Waals surface area contributed by atoms with E-state index in [2.05, 4.69) is 45.0 Å². The molecule has 0 radical (unpaired) electrons. The number of aryl methyl sites for hydroxylation is 1. The second-order valence-corrected chi connectivity index (χ2v) is 9.63. The van der Waals surface area contributed by atoms with Crippen molar-refractivity contribution in [1.82, 2.24) is 14.9 Å². The van der Waals surface area contributed by atoms with Gasteiger partial charge in [0.1, 0.15) is 11.5 Å². The van der Waals surface area contributed by atoms with E-state index < -0.39 is 0 Å². The van der Waals surface area contributed by atoms with Gasteiger partial charge in [-0.3, -0.25) is 9.78 Å². The topological polar surface area (TPSA) is 91.7 Å². The molecule has 0 aliphatic carbocycles. The van der Waals surface area contributed by atoms with Crippen molar-refractivity contribution in [1.29, 1.82) is 0 Å². The first-order valence-corrected chi connectivity index (χ1v) is 12.6. The van der Waals surface area contributed by atoms with Crippen LogP contribution in [0.25, 0.3) is 5.69 Å². The number of hydrogen-bond donors (Lipinski definition) is 3. The summed E-state index contributed by atoms with van der Waals surface area (Å²) in [6.07, 6.45) is 1.78. The standard InChI is InChI=1S/C29H29N5O3S/c1-17-15-23(18(2)33(17)20-8-11-22(36)12-9-20)28-27(24-7-5-6-14-30-24)32-29(38)34(28)21-10-13-26(37-4)25(16-21)31-19(3)35/h5-16,27-28,36H,1-4H3,(H,31,35)(H,32,38)/t27-,28+/m1/s1. The third-order valence-electron chi connectivity index (χ3n) is 6.77. The van der Waals surface area contributed by atoms with E-state index in [1.807, 2.05) is 48.5 Å². The van der Waals surface area contributed by atoms with Crippen LogP contribution in [0, 0.1) is 13.8 Å². The Morgan fingerprint density at radius 1 is 1.08 bits per heavy atom. The molecule has 0 saturated carbocycles. The molecule has 3 heterocycles. The summed E-state index contributed by atoms with van der Waals surface area (Å²) in [5, 5.41) is 16.7. The van der Waals surface area contributed by atoms with Gasteiger partial charge in [-0.15, -0.1) is 0 Å². The first-order chi connectivity index (χ1) is 18.3. The SMILES string of the molecule is COc1ccc(N2C(=S)N[C@H](c3ccccn3)[C@@H]2c2cc(C)n(-c3ccc(O)cc3)c2C)cc1NC(C)=O. The predicted molar refractivity (Wildman–Crippen MR) is 152 cm³/mol. The summed E-state index contributed by atoms with van der Waals surface area (Å²) < 4.78 is 7.64. The lowest BCUT2D eigenvalue weighted by atomic mass is 9.96. The minimum absolute atomic E-state index is 0.192. The predicted octanol–water partition coefficient (Wildman–Crippen LogP) is 5.34. The quantitative estimate of drug-likeness (QED) is 0.292. The fraction of sp³-hybridized carbons (Fsp3) is 0.207. The van der Waals surface area contributed by atoms with E-state index in [-0.39, 0.29) is 23.7 Å². The van der Waals surface area contributed by atoms with Gasteiger partial charge in [0.2, 0.25) is 5.91 Å². The molecule has 4 aromatic rings. The number of aromatic nitrogens is 2. The maximum atomic E-state index is 11.9. The smallest absolute Gasteiger partial charge is 0.221 e. The normalized spacial score (nSPS) is 16.8. The molecule has 0 spiro atoms. The number of nitrogens with one attached hydrogen (secondary N) is 2. The number of carbonyl (C=O) groups is 1. The minimum Gasteiger partial charge on any atom is -0.508 e. The van der Waals surface area contributed by atoms with Crippen LogP contribution in [0.15, 0.2) is 72.9 Å². The Kier molecular flexibility index (Phi) is 6.77. The maximum absolute atomic E-state index is 11.9. The van der Waals surface area contributed by atoms with E-state index >= 15 is 0 Å². The molecule has 194 valence electrons. The van der Waals surface area contributed by atoms with Crippen molar-refractivity contribution >= 4 is 34.6 Å². The van der Waals surface area contributed by atoms with Gasteiger partial charge in [-0.05, 0) is 92.3 Å². The molecule has 2 aromatic carbocycles. The Morgan fingerprint density at radius 2 is 1.82 bits per heavy atom. The number of thiocarbonyl (C=S) groups is 1. The van der Waals surface area contributed by atoms with Gasteiger partial charge in [-0.25, -0.2) is 0 Å². The van der Waals surface area contributed by atoms with Crippen LogP contribution in [0.2, 0.25) is 0 Å². The summed E-state index contributed by atoms with van der Waals surface area (Å²) in [5.41, 5.74) is 6.37. The van der Waals surface area contributed by atoms with Crippen LogP contribution in [0.5, 0.6) is 11.5 Å². The fourth-order valence-corrected chi connectivity index (χ4v) is 5.51. The Hall–Kier alpha value is -4.37. The number of benzene rings is 2. The van der Waals surface area contributed by atoms with Gasteiger partial charge in [0.05, 0.1) is 30.6 Å². The first kappa shape index (κ1) is 25.3. The number of phenols is 1. The molecule has 0 unspecified atom stereocenters. The lowest BCUT2D eigenvalue weighted by Gasteiger charge is -2.29. The monoisotopic (exact) mass is 527 g/mol. The van der Waals surface area contributed by atoms with E-state index in [0.29, 0.717) is 16.5 Å². The molecule has 1 aliphatic heterocycles. The Labute approximate surface area is 226 Å². The highest BCUT2D eigenvalue weighted by molar-refractivity contribution is 7.80. The first-order valence-electron chi connectivity index (χ1n) is 12.2. The highest BCUT2D eigenvalue weighted by Crippen LogP contribution is 2.45. The zero-order valence-electron chi connectivity index (χ0n) is 21.6. The molecule has 1 aliphatic rings. The molecule has 9 heteroatoms. The summed E-state index contributed by atoms with van der Waals surface area (Å²) >= 11 is 5.89. The summed E-state index contributed by atoms with van der Waals surface area (Å²) in [6, 6.07) is 20.4. The number of carbonyl (C=O) groups excluding carboxylic acids is 1. The summed E-state index contributed by atoms with van der Waals surface area (Å²) in [5.74, 6) is 0.589. The lowest BCUT2D eigenvalue weighted by molar-refractivity contribution is -0.114. The van der Waals surface area contributed by atoms with Crippen LogP contribution in [-0.2, 0) is 4.79 Å². The second kappa shape index (κ2) is 10.2. The van der Waals surface area contributed by atoms with Gasteiger partial charge in [0.25, 0.3) is 0 Å². The van der Waals surface area contributed by atoms with Gasteiger partial charge < -0.3 is 29.9 Å². The van der Waals surface area contributed by atoms with Crippen molar-refractivity contribution in [3.8, 4) is 17.2 Å². The van der Waals surface area contributed by atoms with E-state index in [1.54, 1.807) is 25.4 Å². The van der Waals surface area contributed by atoms with Gasteiger partial charge in [0, 0.05) is 35.9 Å². The number of methoxy groups -OCH3 is 1. The molecule has 0 bridgehead atoms. The van der Waals surface area contributed by atoms with E-state index in [1.165, 1.54) is 6.92 Å².